The zero-order valence-corrected chi connectivity index (χ0v) is 18.8. The molecule has 1 unspecified atom stereocenters. The molecule has 0 spiro atoms. The molecule has 28 heavy (non-hydrogen) atoms. The molecule has 10 heteroatoms. The molecule has 0 bridgehead atoms. The van der Waals surface area contributed by atoms with Crippen LogP contribution in [0.2, 0.25) is 0 Å². The van der Waals surface area contributed by atoms with Crippen molar-refractivity contribution in [2.24, 2.45) is 5.14 Å². The number of ether oxygens (including phenoxy) is 1. The first-order valence-electron chi connectivity index (χ1n) is 8.61. The number of rotatable bonds is 7. The highest BCUT2D eigenvalue weighted by atomic mass is 79.9. The zero-order valence-electron chi connectivity index (χ0n) is 16.4. The van der Waals surface area contributed by atoms with E-state index < -0.39 is 39.8 Å². The summed E-state index contributed by atoms with van der Waals surface area (Å²) in [5, 5.41) is 5.84. The molecule has 2 heterocycles. The summed E-state index contributed by atoms with van der Waals surface area (Å²) in [6.45, 7) is 6.96. The molecule has 0 aliphatic heterocycles. The minimum Gasteiger partial charge on any atom is -0.377 e. The van der Waals surface area contributed by atoms with Crippen molar-refractivity contribution in [3.8, 4) is 0 Å². The highest BCUT2D eigenvalue weighted by Crippen LogP contribution is 2.44. The second-order valence-corrected chi connectivity index (χ2v) is 10.5. The minimum atomic E-state index is -4.53. The zero-order chi connectivity index (χ0) is 21.5. The fraction of sp³-hybridized carbons (Fsp3) is 0.611. The van der Waals surface area contributed by atoms with E-state index in [2.05, 4.69) is 20.9 Å². The number of fused-ring (bicyclic) bond motifs is 1. The van der Waals surface area contributed by atoms with Crippen molar-refractivity contribution < 1.29 is 22.1 Å². The van der Waals surface area contributed by atoms with Gasteiger partial charge in [0.25, 0.3) is 0 Å². The highest BCUT2D eigenvalue weighted by Gasteiger charge is 2.46. The fourth-order valence-corrected chi connectivity index (χ4v) is 3.65. The molecular formula is C18H25BrF3N3O2S. The van der Waals surface area contributed by atoms with Gasteiger partial charge in [-0.2, -0.15) is 13.2 Å². The maximum Gasteiger partial charge on any atom is 0.395 e. The van der Waals surface area contributed by atoms with Gasteiger partial charge < -0.3 is 9.30 Å². The number of pyridine rings is 1. The number of halogens is 4. The van der Waals surface area contributed by atoms with Crippen LogP contribution in [0, 0.1) is 0 Å². The molecule has 2 N–H and O–H groups in total. The van der Waals surface area contributed by atoms with Crippen molar-refractivity contribution in [1.82, 2.24) is 9.55 Å². The molecule has 0 aromatic carbocycles. The van der Waals surface area contributed by atoms with E-state index in [1.807, 2.05) is 13.8 Å². The van der Waals surface area contributed by atoms with Gasteiger partial charge in [0.2, 0.25) is 0 Å². The molecule has 0 fully saturated rings. The van der Waals surface area contributed by atoms with Crippen LogP contribution in [-0.2, 0) is 22.3 Å². The van der Waals surface area contributed by atoms with Crippen molar-refractivity contribution in [3.63, 3.8) is 0 Å². The normalized spacial score (nSPS) is 15.8. The van der Waals surface area contributed by atoms with Crippen molar-refractivity contribution in [2.45, 2.75) is 63.1 Å². The van der Waals surface area contributed by atoms with Crippen LogP contribution < -0.4 is 5.14 Å². The van der Waals surface area contributed by atoms with Gasteiger partial charge in [-0.1, -0.05) is 0 Å². The number of alkyl halides is 3. The molecule has 0 saturated carbocycles. The van der Waals surface area contributed by atoms with Gasteiger partial charge in [0.05, 0.1) is 33.8 Å². The van der Waals surface area contributed by atoms with Crippen molar-refractivity contribution in [2.75, 3.05) is 7.11 Å². The Kier molecular flexibility index (Phi) is 6.70. The van der Waals surface area contributed by atoms with Gasteiger partial charge in [0, 0.05) is 18.7 Å². The van der Waals surface area contributed by atoms with E-state index in [0.29, 0.717) is 22.2 Å². The highest BCUT2D eigenvalue weighted by molar-refractivity contribution is 9.10. The molecule has 5 nitrogen and oxygen atoms in total. The van der Waals surface area contributed by atoms with Gasteiger partial charge in [-0.05, 0) is 67.7 Å². The number of nitrogens with zero attached hydrogens (tertiary/aromatic N) is 2. The molecule has 0 aliphatic carbocycles. The standard InChI is InChI=1S/C18H25BrF3N3O2S/c1-16(2,27-5)10-25-9-12(11-6-7-14(19)24-15(11)25)13(18(20,21)22)8-17(3,4)28(23)26/h6-7,9,13H,8,10,23H2,1-5H3/t13-,28?/m0/s1. The third-order valence-electron chi connectivity index (χ3n) is 4.83. The summed E-state index contributed by atoms with van der Waals surface area (Å²) in [6, 6.07) is 3.22. The van der Waals surface area contributed by atoms with Gasteiger partial charge >= 0.3 is 6.18 Å². The summed E-state index contributed by atoms with van der Waals surface area (Å²) in [5.41, 5.74) is -0.0812. The van der Waals surface area contributed by atoms with Crippen molar-refractivity contribution in [3.05, 3.63) is 28.5 Å². The van der Waals surface area contributed by atoms with E-state index in [4.69, 9.17) is 9.88 Å². The summed E-state index contributed by atoms with van der Waals surface area (Å²) >= 11 is 3.28. The Morgan fingerprint density at radius 1 is 1.29 bits per heavy atom. The van der Waals surface area contributed by atoms with E-state index in [1.54, 1.807) is 23.8 Å². The van der Waals surface area contributed by atoms with Crippen molar-refractivity contribution in [1.29, 1.82) is 0 Å². The molecule has 2 aromatic heterocycles. The maximum absolute atomic E-state index is 14.0. The van der Waals surface area contributed by atoms with E-state index in [1.165, 1.54) is 20.0 Å². The summed E-state index contributed by atoms with van der Waals surface area (Å²) < 4.78 is 60.2. The smallest absolute Gasteiger partial charge is 0.377 e. The first-order chi connectivity index (χ1) is 12.7. The van der Waals surface area contributed by atoms with Crippen LogP contribution in [0.3, 0.4) is 0 Å². The van der Waals surface area contributed by atoms with E-state index in [-0.39, 0.29) is 5.56 Å². The van der Waals surface area contributed by atoms with Gasteiger partial charge in [-0.3, -0.25) is 5.14 Å². The Bertz CT molecular complexity index is 881. The Balaban J connectivity index is 2.67. The van der Waals surface area contributed by atoms with Crippen molar-refractivity contribution >= 4 is 37.9 Å². The summed E-state index contributed by atoms with van der Waals surface area (Å²) in [5.74, 6) is -1.83. The molecule has 0 aliphatic rings. The predicted octanol–water partition coefficient (Wildman–Crippen LogP) is 4.66. The van der Waals surface area contributed by atoms with E-state index in [9.17, 15) is 17.4 Å². The maximum atomic E-state index is 14.0. The topological polar surface area (TPSA) is 70.1 Å². The molecule has 0 radical (unpaired) electrons. The van der Waals surface area contributed by atoms with Gasteiger partial charge in [-0.25, -0.2) is 9.19 Å². The average Bonchev–Trinajstić information content (AvgIpc) is 2.88. The van der Waals surface area contributed by atoms with Crippen LogP contribution in [0.4, 0.5) is 13.2 Å². The van der Waals surface area contributed by atoms with Crippen LogP contribution in [0.25, 0.3) is 11.0 Å². The quantitative estimate of drug-likeness (QED) is 0.582. The van der Waals surface area contributed by atoms with Crippen LogP contribution in [0.1, 0.15) is 45.6 Å². The predicted molar refractivity (Wildman–Crippen MR) is 108 cm³/mol. The molecule has 2 rings (SSSR count). The lowest BCUT2D eigenvalue weighted by molar-refractivity contribution is -0.152. The Morgan fingerprint density at radius 2 is 1.89 bits per heavy atom. The number of nitrogens with two attached hydrogens (primary N) is 1. The third-order valence-corrected chi connectivity index (χ3v) is 6.53. The monoisotopic (exact) mass is 483 g/mol. The lowest BCUT2D eigenvalue weighted by Gasteiger charge is -2.29. The average molecular weight is 484 g/mol. The first-order valence-corrected chi connectivity index (χ1v) is 10.6. The largest absolute Gasteiger partial charge is 0.395 e. The number of methoxy groups -OCH3 is 1. The molecule has 0 saturated heterocycles. The molecule has 0 amide bonds. The lowest BCUT2D eigenvalue weighted by atomic mass is 9.89. The van der Waals surface area contributed by atoms with Crippen LogP contribution >= 0.6 is 15.9 Å². The summed E-state index contributed by atoms with van der Waals surface area (Å²) in [6.07, 6.45) is -3.46. The number of aromatic nitrogens is 2. The summed E-state index contributed by atoms with van der Waals surface area (Å²) in [7, 11) is -0.354. The van der Waals surface area contributed by atoms with Gasteiger partial charge in [0.1, 0.15) is 10.3 Å². The van der Waals surface area contributed by atoms with Crippen LogP contribution in [0.5, 0.6) is 0 Å². The fourth-order valence-electron chi connectivity index (χ4n) is 3.02. The SMILES string of the molecule is COC(C)(C)Cn1cc([C@H](CC(C)(C)S(N)=O)C(F)(F)F)c2ccc(Br)nc21. The Hall–Kier alpha value is -0.970. The van der Waals surface area contributed by atoms with Crippen LogP contribution in [-0.4, -0.2) is 37.4 Å². The van der Waals surface area contributed by atoms with E-state index in [0.717, 1.165) is 0 Å². The van der Waals surface area contributed by atoms with Gasteiger partial charge in [-0.15, -0.1) is 0 Å². The van der Waals surface area contributed by atoms with E-state index >= 15 is 0 Å². The number of hydrogen-bond donors (Lipinski definition) is 1. The lowest BCUT2D eigenvalue weighted by Crippen LogP contribution is -2.37. The van der Waals surface area contributed by atoms with Crippen LogP contribution in [0.15, 0.2) is 22.9 Å². The Labute approximate surface area is 173 Å². The third kappa shape index (κ3) is 5.14. The molecule has 2 aromatic rings. The second kappa shape index (κ2) is 8.04. The van der Waals surface area contributed by atoms with Gasteiger partial charge in [0.15, 0.2) is 0 Å². The summed E-state index contributed by atoms with van der Waals surface area (Å²) in [4.78, 5) is 4.38. The molecule has 2 atom stereocenters. The number of hydrogen-bond acceptors (Lipinski definition) is 3. The molecule has 158 valence electrons. The minimum absolute atomic E-state index is 0.0907. The first kappa shape index (κ1) is 23.3. The molecular weight excluding hydrogens is 459 g/mol. The Morgan fingerprint density at radius 3 is 2.39 bits per heavy atom. The second-order valence-electron chi connectivity index (χ2n) is 8.04.